The first-order chi connectivity index (χ1) is 12.4. The van der Waals surface area contributed by atoms with E-state index in [-0.39, 0.29) is 12.1 Å². The minimum atomic E-state index is -0.341. The fourth-order valence-electron chi connectivity index (χ4n) is 2.50. The number of nitrogens with one attached hydrogen (secondary N) is 3. The van der Waals surface area contributed by atoms with E-state index in [4.69, 9.17) is 23.2 Å². The number of H-pyrrole nitrogens is 1. The van der Waals surface area contributed by atoms with Crippen LogP contribution in [0.15, 0.2) is 42.5 Å². The SMILES string of the molecule is Cc1nc(-c2cccc(NC(=O)NC(C)c3ccc(Cl)cc3Cl)c2)n[nH]1. The Labute approximate surface area is 160 Å². The van der Waals surface area contributed by atoms with Crippen molar-refractivity contribution in [2.45, 2.75) is 19.9 Å². The van der Waals surface area contributed by atoms with Crippen molar-refractivity contribution in [2.75, 3.05) is 5.32 Å². The average molecular weight is 390 g/mol. The zero-order valence-corrected chi connectivity index (χ0v) is 15.7. The average Bonchev–Trinajstić information content (AvgIpc) is 3.01. The van der Waals surface area contributed by atoms with Crippen LogP contribution in [0, 0.1) is 6.92 Å². The van der Waals surface area contributed by atoms with Gasteiger partial charge in [0, 0.05) is 21.3 Å². The number of urea groups is 1. The van der Waals surface area contributed by atoms with Gasteiger partial charge < -0.3 is 10.6 Å². The maximum absolute atomic E-state index is 12.3. The van der Waals surface area contributed by atoms with Crippen LogP contribution in [0.5, 0.6) is 0 Å². The number of halogens is 2. The third kappa shape index (κ3) is 4.33. The fraction of sp³-hybridized carbons (Fsp3) is 0.167. The third-order valence-electron chi connectivity index (χ3n) is 3.75. The monoisotopic (exact) mass is 389 g/mol. The molecule has 8 heteroatoms. The molecule has 0 aliphatic heterocycles. The number of hydrogen-bond donors (Lipinski definition) is 3. The van der Waals surface area contributed by atoms with Crippen molar-refractivity contribution in [1.29, 1.82) is 0 Å². The summed E-state index contributed by atoms with van der Waals surface area (Å²) in [5.74, 6) is 1.30. The second-order valence-corrected chi connectivity index (χ2v) is 6.65. The van der Waals surface area contributed by atoms with Crippen molar-refractivity contribution >= 4 is 34.9 Å². The lowest BCUT2D eigenvalue weighted by atomic mass is 10.1. The van der Waals surface area contributed by atoms with Gasteiger partial charge in [-0.3, -0.25) is 5.10 Å². The number of aryl methyl sites for hydroxylation is 1. The number of anilines is 1. The Balaban J connectivity index is 1.68. The molecule has 26 heavy (non-hydrogen) atoms. The van der Waals surface area contributed by atoms with E-state index in [1.807, 2.05) is 32.0 Å². The topological polar surface area (TPSA) is 82.7 Å². The van der Waals surface area contributed by atoms with Gasteiger partial charge in [0.05, 0.1) is 6.04 Å². The predicted octanol–water partition coefficient (Wildman–Crippen LogP) is 4.97. The van der Waals surface area contributed by atoms with E-state index in [1.165, 1.54) is 0 Å². The van der Waals surface area contributed by atoms with E-state index in [9.17, 15) is 4.79 Å². The van der Waals surface area contributed by atoms with Crippen molar-refractivity contribution in [3.63, 3.8) is 0 Å². The molecule has 0 bridgehead atoms. The van der Waals surface area contributed by atoms with Crippen LogP contribution < -0.4 is 10.6 Å². The largest absolute Gasteiger partial charge is 0.331 e. The Hall–Kier alpha value is -2.57. The smallest absolute Gasteiger partial charge is 0.319 e. The molecule has 0 aliphatic rings. The molecule has 1 atom stereocenters. The highest BCUT2D eigenvalue weighted by Gasteiger charge is 2.13. The standard InChI is InChI=1S/C18H17Cl2N5O/c1-10(15-7-6-13(19)9-16(15)20)21-18(26)23-14-5-3-4-12(8-14)17-22-11(2)24-25-17/h3-10H,1-2H3,(H2,21,23,26)(H,22,24,25). The molecule has 0 saturated carbocycles. The third-order valence-corrected chi connectivity index (χ3v) is 4.31. The molecule has 1 heterocycles. The molecule has 134 valence electrons. The lowest BCUT2D eigenvalue weighted by Gasteiger charge is -2.16. The number of aromatic nitrogens is 3. The zero-order valence-electron chi connectivity index (χ0n) is 14.2. The minimum absolute atomic E-state index is 0.279. The summed E-state index contributed by atoms with van der Waals surface area (Å²) in [6.07, 6.45) is 0. The quantitative estimate of drug-likeness (QED) is 0.588. The highest BCUT2D eigenvalue weighted by atomic mass is 35.5. The number of benzene rings is 2. The molecule has 2 aromatic carbocycles. The normalized spacial score (nSPS) is 11.8. The summed E-state index contributed by atoms with van der Waals surface area (Å²) in [5, 5.41) is 13.6. The lowest BCUT2D eigenvalue weighted by molar-refractivity contribution is 0.249. The molecule has 3 N–H and O–H groups in total. The van der Waals surface area contributed by atoms with E-state index in [2.05, 4.69) is 25.8 Å². The molecular formula is C18H17Cl2N5O. The molecule has 2 amide bonds. The van der Waals surface area contributed by atoms with Gasteiger partial charge in [-0.2, -0.15) is 5.10 Å². The lowest BCUT2D eigenvalue weighted by Crippen LogP contribution is -2.31. The van der Waals surface area contributed by atoms with Gasteiger partial charge in [0.15, 0.2) is 5.82 Å². The first kappa shape index (κ1) is 18.2. The first-order valence-electron chi connectivity index (χ1n) is 7.94. The summed E-state index contributed by atoms with van der Waals surface area (Å²) in [5.41, 5.74) is 2.23. The van der Waals surface area contributed by atoms with Gasteiger partial charge in [0.1, 0.15) is 5.82 Å². The second-order valence-electron chi connectivity index (χ2n) is 5.81. The molecule has 3 aromatic rings. The molecule has 1 unspecified atom stereocenters. The first-order valence-corrected chi connectivity index (χ1v) is 8.70. The predicted molar refractivity (Wildman–Crippen MR) is 104 cm³/mol. The van der Waals surface area contributed by atoms with E-state index < -0.39 is 0 Å². The van der Waals surface area contributed by atoms with E-state index in [0.29, 0.717) is 21.6 Å². The molecule has 1 aromatic heterocycles. The van der Waals surface area contributed by atoms with Gasteiger partial charge in [-0.1, -0.05) is 41.4 Å². The summed E-state index contributed by atoms with van der Waals surface area (Å²) in [7, 11) is 0. The van der Waals surface area contributed by atoms with E-state index in [1.54, 1.807) is 24.3 Å². The number of nitrogens with zero attached hydrogens (tertiary/aromatic N) is 2. The highest BCUT2D eigenvalue weighted by Crippen LogP contribution is 2.26. The zero-order chi connectivity index (χ0) is 18.7. The van der Waals surface area contributed by atoms with Crippen LogP contribution in [0.3, 0.4) is 0 Å². The van der Waals surface area contributed by atoms with Gasteiger partial charge in [-0.25, -0.2) is 9.78 Å². The summed E-state index contributed by atoms with van der Waals surface area (Å²) in [6.45, 7) is 3.68. The van der Waals surface area contributed by atoms with Crippen LogP contribution in [0.1, 0.15) is 24.4 Å². The van der Waals surface area contributed by atoms with Crippen molar-refractivity contribution in [1.82, 2.24) is 20.5 Å². The Bertz CT molecular complexity index is 941. The number of aromatic amines is 1. The maximum Gasteiger partial charge on any atom is 0.319 e. The molecule has 0 spiro atoms. The van der Waals surface area contributed by atoms with Crippen LogP contribution in [0.25, 0.3) is 11.4 Å². The Morgan fingerprint density at radius 2 is 2.00 bits per heavy atom. The Morgan fingerprint density at radius 3 is 2.69 bits per heavy atom. The van der Waals surface area contributed by atoms with Gasteiger partial charge in [0.2, 0.25) is 0 Å². The number of carbonyl (C=O) groups excluding carboxylic acids is 1. The molecule has 0 aliphatic carbocycles. The van der Waals surface area contributed by atoms with Crippen LogP contribution in [-0.4, -0.2) is 21.2 Å². The van der Waals surface area contributed by atoms with E-state index in [0.717, 1.165) is 17.0 Å². The minimum Gasteiger partial charge on any atom is -0.331 e. The van der Waals surface area contributed by atoms with Gasteiger partial charge in [-0.05, 0) is 43.7 Å². The van der Waals surface area contributed by atoms with Crippen LogP contribution in [0.2, 0.25) is 10.0 Å². The summed E-state index contributed by atoms with van der Waals surface area (Å²) in [4.78, 5) is 16.6. The Morgan fingerprint density at radius 1 is 1.19 bits per heavy atom. The molecule has 0 saturated heterocycles. The number of hydrogen-bond acceptors (Lipinski definition) is 3. The van der Waals surface area contributed by atoms with Crippen LogP contribution in [-0.2, 0) is 0 Å². The van der Waals surface area contributed by atoms with Crippen LogP contribution in [0.4, 0.5) is 10.5 Å². The van der Waals surface area contributed by atoms with Crippen molar-refractivity contribution in [2.24, 2.45) is 0 Å². The van der Waals surface area contributed by atoms with Crippen LogP contribution >= 0.6 is 23.2 Å². The number of carbonyl (C=O) groups is 1. The summed E-state index contributed by atoms with van der Waals surface area (Å²) in [6, 6.07) is 11.9. The Kier molecular flexibility index (Phi) is 5.44. The summed E-state index contributed by atoms with van der Waals surface area (Å²) < 4.78 is 0. The molecule has 6 nitrogen and oxygen atoms in total. The highest BCUT2D eigenvalue weighted by molar-refractivity contribution is 6.35. The number of amides is 2. The van der Waals surface area contributed by atoms with Gasteiger partial charge in [0.25, 0.3) is 0 Å². The maximum atomic E-state index is 12.3. The van der Waals surface area contributed by atoms with Crippen molar-refractivity contribution in [3.05, 3.63) is 63.9 Å². The van der Waals surface area contributed by atoms with Crippen molar-refractivity contribution in [3.8, 4) is 11.4 Å². The molecule has 3 rings (SSSR count). The fourth-order valence-corrected chi connectivity index (χ4v) is 3.07. The van der Waals surface area contributed by atoms with Gasteiger partial charge >= 0.3 is 6.03 Å². The number of rotatable bonds is 4. The molecular weight excluding hydrogens is 373 g/mol. The van der Waals surface area contributed by atoms with E-state index >= 15 is 0 Å². The van der Waals surface area contributed by atoms with Gasteiger partial charge in [-0.15, -0.1) is 0 Å². The summed E-state index contributed by atoms with van der Waals surface area (Å²) >= 11 is 12.1. The molecule has 0 fully saturated rings. The molecule has 0 radical (unpaired) electrons. The second kappa shape index (κ2) is 7.76. The van der Waals surface area contributed by atoms with Crippen molar-refractivity contribution < 1.29 is 4.79 Å².